The molecule has 0 amide bonds. The normalized spacial score (nSPS) is 18.1. The van der Waals surface area contributed by atoms with Crippen LogP contribution in [-0.2, 0) is 10.0 Å². The number of sulfonamides is 1. The predicted molar refractivity (Wildman–Crippen MR) is 71.8 cm³/mol. The molecular weight excluding hydrogens is 268 g/mol. The minimum absolute atomic E-state index is 0.458. The van der Waals surface area contributed by atoms with E-state index in [1.165, 1.54) is 10.6 Å². The molecular formula is C11H18N4O3S. The topological polar surface area (TPSA) is 75.6 Å². The van der Waals surface area contributed by atoms with Gasteiger partial charge in [0.1, 0.15) is 0 Å². The summed E-state index contributed by atoms with van der Waals surface area (Å²) in [6.07, 6.45) is 3.64. The first-order chi connectivity index (χ1) is 9.00. The lowest BCUT2D eigenvalue weighted by Crippen LogP contribution is -2.34. The van der Waals surface area contributed by atoms with E-state index in [0.29, 0.717) is 31.5 Å². The molecule has 0 aromatic carbocycles. The van der Waals surface area contributed by atoms with Gasteiger partial charge in [-0.2, -0.15) is 4.98 Å². The Morgan fingerprint density at radius 1 is 1.26 bits per heavy atom. The zero-order valence-corrected chi connectivity index (χ0v) is 11.9. The second-order valence-corrected chi connectivity index (χ2v) is 6.38. The minimum Gasteiger partial charge on any atom is -0.481 e. The van der Waals surface area contributed by atoms with Crippen molar-refractivity contribution in [1.29, 1.82) is 0 Å². The first kappa shape index (κ1) is 14.0. The third-order valence-corrected chi connectivity index (χ3v) is 4.34. The molecule has 0 spiro atoms. The maximum Gasteiger partial charge on any atom is 0.228 e. The third kappa shape index (κ3) is 3.54. The van der Waals surface area contributed by atoms with Gasteiger partial charge in [-0.1, -0.05) is 0 Å². The monoisotopic (exact) mass is 286 g/mol. The lowest BCUT2D eigenvalue weighted by molar-refractivity contribution is 0.396. The fraction of sp³-hybridized carbons (Fsp3) is 0.636. The predicted octanol–water partition coefficient (Wildman–Crippen LogP) is -0.0431. The molecule has 8 heteroatoms. The van der Waals surface area contributed by atoms with Crippen LogP contribution >= 0.6 is 0 Å². The second kappa shape index (κ2) is 5.70. The van der Waals surface area contributed by atoms with Crippen LogP contribution in [0.1, 0.15) is 6.42 Å². The summed E-state index contributed by atoms with van der Waals surface area (Å²) < 4.78 is 29.6. The Kier molecular flexibility index (Phi) is 4.20. The fourth-order valence-corrected chi connectivity index (χ4v) is 2.90. The number of hydrogen-bond acceptors (Lipinski definition) is 6. The van der Waals surface area contributed by atoms with Gasteiger partial charge in [-0.3, -0.25) is 0 Å². The Labute approximate surface area is 113 Å². The van der Waals surface area contributed by atoms with E-state index >= 15 is 0 Å². The Hall–Kier alpha value is -1.41. The molecule has 1 aromatic rings. The molecule has 0 N–H and O–H groups in total. The molecule has 1 aliphatic rings. The van der Waals surface area contributed by atoms with Crippen molar-refractivity contribution >= 4 is 16.0 Å². The zero-order valence-electron chi connectivity index (χ0n) is 11.1. The number of hydrogen-bond donors (Lipinski definition) is 0. The quantitative estimate of drug-likeness (QED) is 0.776. The summed E-state index contributed by atoms with van der Waals surface area (Å²) >= 11 is 0. The van der Waals surface area contributed by atoms with Crippen molar-refractivity contribution in [3.8, 4) is 5.88 Å². The van der Waals surface area contributed by atoms with E-state index < -0.39 is 10.0 Å². The Bertz CT molecular complexity index is 534. The molecule has 0 unspecified atom stereocenters. The summed E-state index contributed by atoms with van der Waals surface area (Å²) in [5.41, 5.74) is 0. The summed E-state index contributed by atoms with van der Waals surface area (Å²) in [7, 11) is -1.57. The fourth-order valence-electron chi connectivity index (χ4n) is 2.02. The molecule has 1 fully saturated rings. The highest BCUT2D eigenvalue weighted by Gasteiger charge is 2.22. The SMILES string of the molecule is COc1ccnc(N2CCCN(S(C)(=O)=O)CC2)n1. The third-order valence-electron chi connectivity index (χ3n) is 3.03. The highest BCUT2D eigenvalue weighted by Crippen LogP contribution is 2.15. The van der Waals surface area contributed by atoms with Gasteiger partial charge in [0.15, 0.2) is 0 Å². The van der Waals surface area contributed by atoms with Gasteiger partial charge in [-0.05, 0) is 6.42 Å². The first-order valence-electron chi connectivity index (χ1n) is 6.08. The smallest absolute Gasteiger partial charge is 0.228 e. The van der Waals surface area contributed by atoms with Gasteiger partial charge in [0.25, 0.3) is 0 Å². The van der Waals surface area contributed by atoms with Gasteiger partial charge >= 0.3 is 0 Å². The molecule has 1 aliphatic heterocycles. The number of methoxy groups -OCH3 is 1. The van der Waals surface area contributed by atoms with E-state index in [2.05, 4.69) is 9.97 Å². The molecule has 2 heterocycles. The van der Waals surface area contributed by atoms with Crippen LogP contribution in [0.3, 0.4) is 0 Å². The maximum atomic E-state index is 11.5. The van der Waals surface area contributed by atoms with Crippen LogP contribution in [0.25, 0.3) is 0 Å². The number of rotatable bonds is 3. The van der Waals surface area contributed by atoms with Gasteiger partial charge in [-0.25, -0.2) is 17.7 Å². The molecule has 106 valence electrons. The van der Waals surface area contributed by atoms with Crippen LogP contribution < -0.4 is 9.64 Å². The summed E-state index contributed by atoms with van der Waals surface area (Å²) in [6, 6.07) is 1.68. The second-order valence-electron chi connectivity index (χ2n) is 4.40. The molecule has 0 bridgehead atoms. The molecule has 2 rings (SSSR count). The van der Waals surface area contributed by atoms with E-state index in [-0.39, 0.29) is 0 Å². The van der Waals surface area contributed by atoms with E-state index in [1.807, 2.05) is 4.90 Å². The number of anilines is 1. The highest BCUT2D eigenvalue weighted by atomic mass is 32.2. The summed E-state index contributed by atoms with van der Waals surface area (Å²) in [5, 5.41) is 0. The zero-order chi connectivity index (χ0) is 13.9. The first-order valence-corrected chi connectivity index (χ1v) is 7.92. The van der Waals surface area contributed by atoms with Crippen molar-refractivity contribution in [2.24, 2.45) is 0 Å². The molecule has 0 saturated carbocycles. The van der Waals surface area contributed by atoms with Gasteiger partial charge in [0.2, 0.25) is 21.9 Å². The molecule has 19 heavy (non-hydrogen) atoms. The lowest BCUT2D eigenvalue weighted by atomic mass is 10.4. The molecule has 0 atom stereocenters. The molecule has 0 radical (unpaired) electrons. The van der Waals surface area contributed by atoms with E-state index in [9.17, 15) is 8.42 Å². The molecule has 1 saturated heterocycles. The van der Waals surface area contributed by atoms with Gasteiger partial charge in [0, 0.05) is 38.4 Å². The Morgan fingerprint density at radius 3 is 2.74 bits per heavy atom. The van der Waals surface area contributed by atoms with Crippen LogP contribution in [0, 0.1) is 0 Å². The maximum absolute atomic E-state index is 11.5. The summed E-state index contributed by atoms with van der Waals surface area (Å²) in [4.78, 5) is 10.5. The van der Waals surface area contributed by atoms with Crippen molar-refractivity contribution in [1.82, 2.24) is 14.3 Å². The summed E-state index contributed by atoms with van der Waals surface area (Å²) in [6.45, 7) is 2.32. The average Bonchev–Trinajstić information content (AvgIpc) is 2.64. The van der Waals surface area contributed by atoms with Crippen LogP contribution in [0.15, 0.2) is 12.3 Å². The summed E-state index contributed by atoms with van der Waals surface area (Å²) in [5.74, 6) is 1.09. The average molecular weight is 286 g/mol. The van der Waals surface area contributed by atoms with Crippen molar-refractivity contribution in [2.75, 3.05) is 44.4 Å². The van der Waals surface area contributed by atoms with E-state index in [1.54, 1.807) is 19.4 Å². The van der Waals surface area contributed by atoms with Gasteiger partial charge < -0.3 is 9.64 Å². The van der Waals surface area contributed by atoms with E-state index in [4.69, 9.17) is 4.74 Å². The van der Waals surface area contributed by atoms with Crippen molar-refractivity contribution < 1.29 is 13.2 Å². The number of aromatic nitrogens is 2. The van der Waals surface area contributed by atoms with Crippen LogP contribution in [0.5, 0.6) is 5.88 Å². The molecule has 0 aliphatic carbocycles. The Balaban J connectivity index is 2.10. The van der Waals surface area contributed by atoms with Gasteiger partial charge in [0.05, 0.1) is 13.4 Å². The van der Waals surface area contributed by atoms with Crippen LogP contribution in [0.4, 0.5) is 5.95 Å². The highest BCUT2D eigenvalue weighted by molar-refractivity contribution is 7.88. The Morgan fingerprint density at radius 2 is 2.05 bits per heavy atom. The largest absolute Gasteiger partial charge is 0.481 e. The van der Waals surface area contributed by atoms with Crippen LogP contribution in [0.2, 0.25) is 0 Å². The number of ether oxygens (including phenoxy) is 1. The van der Waals surface area contributed by atoms with Crippen molar-refractivity contribution in [2.45, 2.75) is 6.42 Å². The minimum atomic E-state index is -3.13. The van der Waals surface area contributed by atoms with Crippen molar-refractivity contribution in [3.63, 3.8) is 0 Å². The van der Waals surface area contributed by atoms with Crippen LogP contribution in [-0.4, -0.2) is 62.2 Å². The van der Waals surface area contributed by atoms with Gasteiger partial charge in [-0.15, -0.1) is 0 Å². The number of nitrogens with zero attached hydrogens (tertiary/aromatic N) is 4. The van der Waals surface area contributed by atoms with Crippen molar-refractivity contribution in [3.05, 3.63) is 12.3 Å². The van der Waals surface area contributed by atoms with E-state index in [0.717, 1.165) is 13.0 Å². The lowest BCUT2D eigenvalue weighted by Gasteiger charge is -2.20. The standard InChI is InChI=1S/C11H18N4O3S/c1-18-10-4-5-12-11(13-10)14-6-3-7-15(9-8-14)19(2,16)17/h4-5H,3,6-9H2,1-2H3. The molecule has 7 nitrogen and oxygen atoms in total. The molecule has 1 aromatic heterocycles.